The van der Waals surface area contributed by atoms with E-state index in [0.29, 0.717) is 41.3 Å². The van der Waals surface area contributed by atoms with Crippen LogP contribution in [-0.4, -0.2) is 17.7 Å². The van der Waals surface area contributed by atoms with Gasteiger partial charge in [-0.1, -0.05) is 41.4 Å². The number of halogens is 2. The predicted octanol–water partition coefficient (Wildman–Crippen LogP) is 6.59. The molecule has 3 aromatic rings. The normalized spacial score (nSPS) is 10.6. The first kappa shape index (κ1) is 22.8. The van der Waals surface area contributed by atoms with Gasteiger partial charge in [0.15, 0.2) is 11.5 Å². The number of carboxylic acids is 1. The summed E-state index contributed by atoms with van der Waals surface area (Å²) in [7, 11) is 0. The second-order valence-electron chi connectivity index (χ2n) is 6.94. The number of nitrogens with one attached hydrogen (secondary N) is 1. The number of hydrogen-bond donors (Lipinski definition) is 2. The van der Waals surface area contributed by atoms with Crippen LogP contribution in [0.2, 0.25) is 10.0 Å². The summed E-state index contributed by atoms with van der Waals surface area (Å²) in [4.78, 5) is 11.2. The fourth-order valence-electron chi connectivity index (χ4n) is 3.01. The molecular weight excluding hydrogens is 437 g/mol. The minimum Gasteiger partial charge on any atom is -0.490 e. The number of ether oxygens (including phenoxy) is 2. The van der Waals surface area contributed by atoms with Gasteiger partial charge in [-0.3, -0.25) is 0 Å². The molecule has 5 nitrogen and oxygen atoms in total. The molecule has 162 valence electrons. The number of aryl methyl sites for hydroxylation is 1. The largest absolute Gasteiger partial charge is 0.490 e. The molecule has 2 N–H and O–H groups in total. The van der Waals surface area contributed by atoms with Crippen molar-refractivity contribution in [3.63, 3.8) is 0 Å². The lowest BCUT2D eigenvalue weighted by molar-refractivity contribution is 0.0697. The Hall–Kier alpha value is -2.89. The highest BCUT2D eigenvalue weighted by molar-refractivity contribution is 6.32. The van der Waals surface area contributed by atoms with Gasteiger partial charge in [0, 0.05) is 17.3 Å². The molecule has 0 bridgehead atoms. The quantitative estimate of drug-likeness (QED) is 0.377. The molecule has 0 spiro atoms. The molecule has 3 aromatic carbocycles. The molecule has 0 unspecified atom stereocenters. The van der Waals surface area contributed by atoms with E-state index in [1.165, 1.54) is 0 Å². The van der Waals surface area contributed by atoms with Crippen LogP contribution in [0.4, 0.5) is 5.69 Å². The third kappa shape index (κ3) is 6.06. The van der Waals surface area contributed by atoms with Crippen molar-refractivity contribution in [2.75, 3.05) is 11.9 Å². The van der Waals surface area contributed by atoms with Crippen molar-refractivity contribution in [1.29, 1.82) is 0 Å². The van der Waals surface area contributed by atoms with Crippen LogP contribution in [0.3, 0.4) is 0 Å². The van der Waals surface area contributed by atoms with Crippen LogP contribution in [0.1, 0.15) is 34.0 Å². The van der Waals surface area contributed by atoms with E-state index in [1.807, 2.05) is 38.1 Å². The Morgan fingerprint density at radius 3 is 2.42 bits per heavy atom. The summed E-state index contributed by atoms with van der Waals surface area (Å²) >= 11 is 12.4. The molecule has 0 heterocycles. The number of rotatable bonds is 9. The van der Waals surface area contributed by atoms with Gasteiger partial charge >= 0.3 is 5.97 Å². The first-order chi connectivity index (χ1) is 14.9. The highest BCUT2D eigenvalue weighted by atomic mass is 35.5. The molecule has 31 heavy (non-hydrogen) atoms. The maximum Gasteiger partial charge on any atom is 0.335 e. The molecule has 0 aliphatic carbocycles. The van der Waals surface area contributed by atoms with Crippen LogP contribution >= 0.6 is 23.2 Å². The van der Waals surface area contributed by atoms with E-state index in [0.717, 1.165) is 22.4 Å². The first-order valence-electron chi connectivity index (χ1n) is 9.77. The van der Waals surface area contributed by atoms with E-state index in [1.54, 1.807) is 30.3 Å². The van der Waals surface area contributed by atoms with Gasteiger partial charge in [0.2, 0.25) is 0 Å². The zero-order valence-electron chi connectivity index (χ0n) is 17.2. The van der Waals surface area contributed by atoms with Gasteiger partial charge in [-0.05, 0) is 66.9 Å². The number of anilines is 1. The van der Waals surface area contributed by atoms with Gasteiger partial charge in [0.25, 0.3) is 0 Å². The van der Waals surface area contributed by atoms with Crippen LogP contribution in [-0.2, 0) is 13.2 Å². The highest BCUT2D eigenvalue weighted by Crippen LogP contribution is 2.37. The summed E-state index contributed by atoms with van der Waals surface area (Å²) < 4.78 is 11.7. The van der Waals surface area contributed by atoms with Crippen LogP contribution in [0.25, 0.3) is 0 Å². The van der Waals surface area contributed by atoms with Crippen LogP contribution in [0, 0.1) is 6.92 Å². The molecule has 0 aliphatic rings. The maximum atomic E-state index is 11.2. The van der Waals surface area contributed by atoms with Crippen LogP contribution < -0.4 is 14.8 Å². The molecule has 0 fully saturated rings. The Balaban J connectivity index is 1.77. The molecule has 0 aliphatic heterocycles. The van der Waals surface area contributed by atoms with E-state index in [2.05, 4.69) is 5.32 Å². The summed E-state index contributed by atoms with van der Waals surface area (Å²) in [6.07, 6.45) is 0. The molecule has 0 radical (unpaired) electrons. The summed E-state index contributed by atoms with van der Waals surface area (Å²) in [5.41, 5.74) is 3.77. The lowest BCUT2D eigenvalue weighted by atomic mass is 10.1. The lowest BCUT2D eigenvalue weighted by Crippen LogP contribution is -2.05. The van der Waals surface area contributed by atoms with Gasteiger partial charge in [-0.15, -0.1) is 0 Å². The smallest absolute Gasteiger partial charge is 0.335 e. The molecular formula is C24H23Cl2NO4. The molecule has 3 rings (SSSR count). The van der Waals surface area contributed by atoms with E-state index >= 15 is 0 Å². The van der Waals surface area contributed by atoms with Crippen molar-refractivity contribution in [2.24, 2.45) is 0 Å². The number of benzene rings is 3. The molecule has 0 aromatic heterocycles. The van der Waals surface area contributed by atoms with Crippen molar-refractivity contribution in [1.82, 2.24) is 0 Å². The summed E-state index contributed by atoms with van der Waals surface area (Å²) in [5, 5.41) is 13.6. The monoisotopic (exact) mass is 459 g/mol. The minimum atomic E-state index is -0.966. The fourth-order valence-corrected chi connectivity index (χ4v) is 3.42. The zero-order valence-corrected chi connectivity index (χ0v) is 18.8. The van der Waals surface area contributed by atoms with Gasteiger partial charge in [0.1, 0.15) is 6.61 Å². The highest BCUT2D eigenvalue weighted by Gasteiger charge is 2.14. The Morgan fingerprint density at radius 2 is 1.74 bits per heavy atom. The van der Waals surface area contributed by atoms with Crippen LogP contribution in [0.5, 0.6) is 11.5 Å². The van der Waals surface area contributed by atoms with E-state index in [9.17, 15) is 9.90 Å². The first-order valence-corrected chi connectivity index (χ1v) is 10.5. The molecule has 0 atom stereocenters. The standard InChI is InChI=1S/C24H23Cl2NO4/c1-3-30-22-11-17(13-27-21-12-18(24(28)29)7-4-15(21)2)10-20(26)23(22)31-14-16-5-8-19(25)9-6-16/h4-12,27H,3,13-14H2,1-2H3,(H,28,29). The predicted molar refractivity (Wildman–Crippen MR) is 124 cm³/mol. The Bertz CT molecular complexity index is 1070. The molecule has 7 heteroatoms. The second kappa shape index (κ2) is 10.4. The van der Waals surface area contributed by atoms with Crippen molar-refractivity contribution in [3.8, 4) is 11.5 Å². The summed E-state index contributed by atoms with van der Waals surface area (Å²) in [6.45, 7) is 5.05. The second-order valence-corrected chi connectivity index (χ2v) is 7.79. The van der Waals surface area contributed by atoms with Gasteiger partial charge < -0.3 is 19.9 Å². The Morgan fingerprint density at radius 1 is 1.00 bits per heavy atom. The minimum absolute atomic E-state index is 0.229. The van der Waals surface area contributed by atoms with Crippen molar-refractivity contribution < 1.29 is 19.4 Å². The van der Waals surface area contributed by atoms with Crippen molar-refractivity contribution in [3.05, 3.63) is 86.9 Å². The van der Waals surface area contributed by atoms with E-state index < -0.39 is 5.97 Å². The van der Waals surface area contributed by atoms with Gasteiger partial charge in [0.05, 0.1) is 17.2 Å². The number of carboxylic acid groups (broad SMARTS) is 1. The number of aromatic carboxylic acids is 1. The number of hydrogen-bond acceptors (Lipinski definition) is 4. The van der Waals surface area contributed by atoms with Crippen molar-refractivity contribution in [2.45, 2.75) is 27.0 Å². The third-order valence-electron chi connectivity index (χ3n) is 4.63. The Kier molecular flexibility index (Phi) is 7.66. The maximum absolute atomic E-state index is 11.2. The Labute approximate surface area is 191 Å². The van der Waals surface area contributed by atoms with Gasteiger partial charge in [-0.25, -0.2) is 4.79 Å². The lowest BCUT2D eigenvalue weighted by Gasteiger charge is -2.16. The molecule has 0 saturated heterocycles. The summed E-state index contributed by atoms with van der Waals surface area (Å²) in [5.74, 6) is 0.0648. The average Bonchev–Trinajstić information content (AvgIpc) is 2.74. The SMILES string of the molecule is CCOc1cc(CNc2cc(C(=O)O)ccc2C)cc(Cl)c1OCc1ccc(Cl)cc1. The third-order valence-corrected chi connectivity index (χ3v) is 5.17. The number of carbonyl (C=O) groups is 1. The van der Waals surface area contributed by atoms with Crippen LogP contribution in [0.15, 0.2) is 54.6 Å². The fraction of sp³-hybridized carbons (Fsp3) is 0.208. The zero-order chi connectivity index (χ0) is 22.4. The van der Waals surface area contributed by atoms with E-state index in [-0.39, 0.29) is 5.56 Å². The van der Waals surface area contributed by atoms with E-state index in [4.69, 9.17) is 32.7 Å². The topological polar surface area (TPSA) is 67.8 Å². The average molecular weight is 460 g/mol. The molecule has 0 amide bonds. The van der Waals surface area contributed by atoms with Crippen molar-refractivity contribution >= 4 is 34.9 Å². The van der Waals surface area contributed by atoms with Gasteiger partial charge in [-0.2, -0.15) is 0 Å². The molecule has 0 saturated carbocycles. The summed E-state index contributed by atoms with van der Waals surface area (Å²) in [6, 6.07) is 16.1.